The summed E-state index contributed by atoms with van der Waals surface area (Å²) in [4.78, 5) is 12.3. The normalized spacial score (nSPS) is 10.7. The maximum atomic E-state index is 14.4. The molecule has 4 aromatic rings. The Hall–Kier alpha value is -3.81. The molecule has 0 amide bonds. The van der Waals surface area contributed by atoms with Crippen LogP contribution in [0.3, 0.4) is 0 Å². The molecule has 0 atom stereocenters. The van der Waals surface area contributed by atoms with Gasteiger partial charge in [0.05, 0.1) is 18.1 Å². The first-order valence-corrected chi connectivity index (χ1v) is 8.41. The molecule has 0 aliphatic carbocycles. The number of hydrogen-bond acceptors (Lipinski definition) is 6. The summed E-state index contributed by atoms with van der Waals surface area (Å²) in [5, 5.41) is 11.1. The predicted octanol–water partition coefficient (Wildman–Crippen LogP) is 4.33. The van der Waals surface area contributed by atoms with Gasteiger partial charge < -0.3 is 5.32 Å². The van der Waals surface area contributed by atoms with Gasteiger partial charge >= 0.3 is 0 Å². The highest BCUT2D eigenvalue weighted by atomic mass is 19.1. The number of benzene rings is 1. The lowest BCUT2D eigenvalue weighted by Crippen LogP contribution is -2.05. The highest BCUT2D eigenvalue weighted by molar-refractivity contribution is 5.78. The third kappa shape index (κ3) is 3.52. The molecule has 1 N–H and O–H groups in total. The Bertz CT molecular complexity index is 1130. The van der Waals surface area contributed by atoms with E-state index in [2.05, 4.69) is 30.5 Å². The Morgan fingerprint density at radius 1 is 0.821 bits per heavy atom. The van der Waals surface area contributed by atoms with Crippen molar-refractivity contribution in [2.45, 2.75) is 6.92 Å². The molecular weight excluding hydrogens is 362 g/mol. The van der Waals surface area contributed by atoms with Gasteiger partial charge in [0, 0.05) is 23.0 Å². The van der Waals surface area contributed by atoms with Crippen LogP contribution in [0.15, 0.2) is 61.1 Å². The summed E-state index contributed by atoms with van der Waals surface area (Å²) in [6.07, 6.45) is 4.11. The fraction of sp³-hybridized carbons (Fsp3) is 0.0500. The average molecular weight is 376 g/mol. The van der Waals surface area contributed by atoms with Gasteiger partial charge in [-0.3, -0.25) is 9.97 Å². The monoisotopic (exact) mass is 376 g/mol. The van der Waals surface area contributed by atoms with Crippen molar-refractivity contribution in [3.8, 4) is 22.5 Å². The standard InChI is InChI=1S/C20H14F2N6/c1-12-6-7-13(10-24-12)25-20-26-18(14-4-2-3-5-16(14)21)19(27-28-20)15-8-9-23-11-17(15)22/h2-11H,1H3,(H,25,26,28). The maximum absolute atomic E-state index is 14.4. The van der Waals surface area contributed by atoms with E-state index in [1.165, 1.54) is 18.3 Å². The van der Waals surface area contributed by atoms with Crippen LogP contribution < -0.4 is 5.32 Å². The van der Waals surface area contributed by atoms with E-state index in [0.717, 1.165) is 11.9 Å². The SMILES string of the molecule is Cc1ccc(Nc2nnc(-c3ccncc3F)c(-c3ccccc3F)n2)cn1. The molecule has 0 saturated carbocycles. The summed E-state index contributed by atoms with van der Waals surface area (Å²) in [5.74, 6) is -0.955. The molecular formula is C20H14F2N6. The van der Waals surface area contributed by atoms with Gasteiger partial charge in [0.1, 0.15) is 17.2 Å². The zero-order valence-electron chi connectivity index (χ0n) is 14.8. The second kappa shape index (κ2) is 7.43. The zero-order valence-corrected chi connectivity index (χ0v) is 14.8. The molecule has 28 heavy (non-hydrogen) atoms. The van der Waals surface area contributed by atoms with Gasteiger partial charge in [-0.1, -0.05) is 12.1 Å². The van der Waals surface area contributed by atoms with Crippen LogP contribution in [0.2, 0.25) is 0 Å². The van der Waals surface area contributed by atoms with E-state index in [-0.39, 0.29) is 28.5 Å². The van der Waals surface area contributed by atoms with Crippen LogP contribution in [0, 0.1) is 18.6 Å². The van der Waals surface area contributed by atoms with Crippen molar-refractivity contribution < 1.29 is 8.78 Å². The quantitative estimate of drug-likeness (QED) is 0.571. The topological polar surface area (TPSA) is 76.5 Å². The molecule has 1 aromatic carbocycles. The Morgan fingerprint density at radius 2 is 1.64 bits per heavy atom. The van der Waals surface area contributed by atoms with Crippen LogP contribution in [-0.4, -0.2) is 25.1 Å². The van der Waals surface area contributed by atoms with Crippen LogP contribution in [0.4, 0.5) is 20.4 Å². The lowest BCUT2D eigenvalue weighted by molar-refractivity contribution is 0.623. The van der Waals surface area contributed by atoms with Gasteiger partial charge in [0.15, 0.2) is 5.82 Å². The molecule has 0 aliphatic rings. The molecule has 0 fully saturated rings. The molecule has 4 rings (SSSR count). The molecule has 0 bridgehead atoms. The number of aryl methyl sites for hydroxylation is 1. The van der Waals surface area contributed by atoms with Crippen LogP contribution >= 0.6 is 0 Å². The minimum absolute atomic E-state index is 0.123. The summed E-state index contributed by atoms with van der Waals surface area (Å²) in [6.45, 7) is 1.87. The van der Waals surface area contributed by atoms with Crippen molar-refractivity contribution in [3.05, 3.63) is 78.4 Å². The first-order valence-electron chi connectivity index (χ1n) is 8.41. The molecule has 0 unspecified atom stereocenters. The number of anilines is 2. The Kier molecular flexibility index (Phi) is 4.67. The Balaban J connectivity index is 1.84. The second-order valence-corrected chi connectivity index (χ2v) is 5.98. The summed E-state index contributed by atoms with van der Waals surface area (Å²) in [6, 6.07) is 11.2. The summed E-state index contributed by atoms with van der Waals surface area (Å²) >= 11 is 0. The highest BCUT2D eigenvalue weighted by Gasteiger charge is 2.19. The number of aromatic nitrogens is 5. The molecule has 3 heterocycles. The van der Waals surface area contributed by atoms with Gasteiger partial charge in [-0.2, -0.15) is 0 Å². The minimum Gasteiger partial charge on any atom is -0.321 e. The van der Waals surface area contributed by atoms with Gasteiger partial charge in [-0.15, -0.1) is 10.2 Å². The Morgan fingerprint density at radius 3 is 2.39 bits per heavy atom. The van der Waals surface area contributed by atoms with E-state index >= 15 is 0 Å². The van der Waals surface area contributed by atoms with Crippen LogP contribution in [0.25, 0.3) is 22.5 Å². The van der Waals surface area contributed by atoms with E-state index in [0.29, 0.717) is 5.69 Å². The summed E-state index contributed by atoms with van der Waals surface area (Å²) in [5.41, 5.74) is 2.12. The number of pyridine rings is 2. The summed E-state index contributed by atoms with van der Waals surface area (Å²) < 4.78 is 28.7. The van der Waals surface area contributed by atoms with Gasteiger partial charge in [0.2, 0.25) is 5.95 Å². The lowest BCUT2D eigenvalue weighted by Gasteiger charge is -2.11. The van der Waals surface area contributed by atoms with E-state index in [9.17, 15) is 8.78 Å². The van der Waals surface area contributed by atoms with E-state index < -0.39 is 11.6 Å². The third-order valence-electron chi connectivity index (χ3n) is 4.01. The molecule has 3 aromatic heterocycles. The smallest absolute Gasteiger partial charge is 0.247 e. The summed E-state index contributed by atoms with van der Waals surface area (Å²) in [7, 11) is 0. The first-order chi connectivity index (χ1) is 13.6. The number of halogens is 2. The van der Waals surface area contributed by atoms with Crippen molar-refractivity contribution in [3.63, 3.8) is 0 Å². The second-order valence-electron chi connectivity index (χ2n) is 5.98. The van der Waals surface area contributed by atoms with Gasteiger partial charge in [-0.05, 0) is 37.3 Å². The van der Waals surface area contributed by atoms with Crippen molar-refractivity contribution in [1.82, 2.24) is 25.1 Å². The van der Waals surface area contributed by atoms with Crippen molar-refractivity contribution in [1.29, 1.82) is 0 Å². The molecule has 0 aliphatic heterocycles. The van der Waals surface area contributed by atoms with Crippen molar-refractivity contribution in [2.24, 2.45) is 0 Å². The fourth-order valence-electron chi connectivity index (χ4n) is 2.64. The molecule has 0 spiro atoms. The molecule has 0 radical (unpaired) electrons. The lowest BCUT2D eigenvalue weighted by atomic mass is 10.0. The zero-order chi connectivity index (χ0) is 19.5. The average Bonchev–Trinajstić information content (AvgIpc) is 2.71. The largest absolute Gasteiger partial charge is 0.321 e. The molecule has 6 nitrogen and oxygen atoms in total. The Labute approximate surface area is 159 Å². The molecule has 0 saturated heterocycles. The van der Waals surface area contributed by atoms with E-state index in [4.69, 9.17) is 0 Å². The number of rotatable bonds is 4. The first kappa shape index (κ1) is 17.6. The van der Waals surface area contributed by atoms with Crippen molar-refractivity contribution in [2.75, 3.05) is 5.32 Å². The van der Waals surface area contributed by atoms with Crippen LogP contribution in [0.1, 0.15) is 5.69 Å². The fourth-order valence-corrected chi connectivity index (χ4v) is 2.64. The highest BCUT2D eigenvalue weighted by Crippen LogP contribution is 2.32. The minimum atomic E-state index is -0.598. The van der Waals surface area contributed by atoms with Gasteiger partial charge in [0.25, 0.3) is 0 Å². The van der Waals surface area contributed by atoms with E-state index in [1.54, 1.807) is 24.4 Å². The maximum Gasteiger partial charge on any atom is 0.247 e. The number of nitrogens with one attached hydrogen (secondary N) is 1. The predicted molar refractivity (Wildman–Crippen MR) is 101 cm³/mol. The number of nitrogens with zero attached hydrogens (tertiary/aromatic N) is 5. The molecule has 8 heteroatoms. The van der Waals surface area contributed by atoms with Gasteiger partial charge in [-0.25, -0.2) is 13.8 Å². The molecule has 138 valence electrons. The van der Waals surface area contributed by atoms with E-state index in [1.807, 2.05) is 19.1 Å². The van der Waals surface area contributed by atoms with Crippen molar-refractivity contribution >= 4 is 11.6 Å². The van der Waals surface area contributed by atoms with Crippen LogP contribution in [0.5, 0.6) is 0 Å². The number of hydrogen-bond donors (Lipinski definition) is 1. The van der Waals surface area contributed by atoms with Crippen LogP contribution in [-0.2, 0) is 0 Å². The third-order valence-corrected chi connectivity index (χ3v) is 4.01.